The molecule has 7 heavy (non-hydrogen) atoms. The Hall–Kier alpha value is 1.50. The van der Waals surface area contributed by atoms with Crippen molar-refractivity contribution >= 4 is 54.5 Å². The van der Waals surface area contributed by atoms with Crippen LogP contribution in [0.5, 0.6) is 0 Å². The van der Waals surface area contributed by atoms with E-state index in [4.69, 9.17) is 19.6 Å². The van der Waals surface area contributed by atoms with E-state index in [1.165, 1.54) is 0 Å². The van der Waals surface area contributed by atoms with Crippen molar-refractivity contribution in [1.29, 1.82) is 0 Å². The molecule has 42 valence electrons. The van der Waals surface area contributed by atoms with Crippen molar-refractivity contribution in [1.82, 2.24) is 0 Å². The minimum absolute atomic E-state index is 0. The van der Waals surface area contributed by atoms with Crippen LogP contribution in [-0.4, -0.2) is 74.2 Å². The van der Waals surface area contributed by atoms with Gasteiger partial charge in [-0.05, 0) is 0 Å². The summed E-state index contributed by atoms with van der Waals surface area (Å²) in [6.07, 6.45) is 0. The molecule has 0 atom stereocenters. The zero-order chi connectivity index (χ0) is 5.21. The van der Waals surface area contributed by atoms with Crippen LogP contribution in [0.25, 0.3) is 0 Å². The molecule has 0 heterocycles. The Morgan fingerprint density at radius 3 is 1.43 bits per heavy atom. The van der Waals surface area contributed by atoms with Gasteiger partial charge in [-0.3, -0.25) is 5.26 Å². The van der Waals surface area contributed by atoms with E-state index in [0.29, 0.717) is 0 Å². The van der Waals surface area contributed by atoms with Crippen molar-refractivity contribution < 1.29 is 27.1 Å². The maximum Gasteiger partial charge on any atom is 2.00 e. The Balaban J connectivity index is -0.0000000417. The third kappa shape index (κ3) is 11.2. The van der Waals surface area contributed by atoms with Crippen LogP contribution in [0.4, 0.5) is 0 Å². The first-order valence-electron chi connectivity index (χ1n) is 1.06. The molecular weight excluding hydrogens is 196 g/mol. The maximum atomic E-state index is 7.60. The summed E-state index contributed by atoms with van der Waals surface area (Å²) < 4.78 is 2.74. The van der Waals surface area contributed by atoms with Crippen LogP contribution < -0.4 is 0 Å². The molecule has 0 aromatic heterocycles. The summed E-state index contributed by atoms with van der Waals surface area (Å²) in [5.74, 6) is 0. The van der Waals surface area contributed by atoms with Gasteiger partial charge in [0, 0.05) is 0 Å². The van der Waals surface area contributed by atoms with E-state index in [0.717, 1.165) is 0 Å². The SMILES string of the molecule is OO[Si](O)(O)O.[H-].[H-].[Sr+2]. The topological polar surface area (TPSA) is 90.2 Å². The van der Waals surface area contributed by atoms with Gasteiger partial charge in [0.15, 0.2) is 0 Å². The first-order valence-corrected chi connectivity index (χ1v) is 2.81. The van der Waals surface area contributed by atoms with Crippen molar-refractivity contribution in [2.45, 2.75) is 0 Å². The number of hydrogen-bond acceptors (Lipinski definition) is 5. The van der Waals surface area contributed by atoms with Crippen molar-refractivity contribution in [2.24, 2.45) is 0 Å². The van der Waals surface area contributed by atoms with Crippen molar-refractivity contribution in [3.63, 3.8) is 0 Å². The molecule has 0 aromatic carbocycles. The van der Waals surface area contributed by atoms with E-state index in [2.05, 4.69) is 4.58 Å². The largest absolute Gasteiger partial charge is 2.00 e. The molecule has 0 radical (unpaired) electrons. The average Bonchev–Trinajstić information content (AvgIpc) is 1.35. The van der Waals surface area contributed by atoms with Crippen LogP contribution in [0.3, 0.4) is 0 Å². The van der Waals surface area contributed by atoms with E-state index in [1.54, 1.807) is 0 Å². The molecule has 0 saturated carbocycles. The molecule has 5 nitrogen and oxygen atoms in total. The van der Waals surface area contributed by atoms with Crippen molar-refractivity contribution in [2.75, 3.05) is 0 Å². The standard InChI is InChI=1S/H4O5Si.Sr.2H/c1-5-6(2,3)4;;;/h1-4H;;;/q;+2;2*-1. The summed E-state index contributed by atoms with van der Waals surface area (Å²) in [5, 5.41) is 7.21. The molecule has 0 unspecified atom stereocenters. The average molecular weight is 202 g/mol. The molecule has 7 heteroatoms. The second-order valence-corrected chi connectivity index (χ2v) is 2.00. The molecule has 0 aliphatic heterocycles. The summed E-state index contributed by atoms with van der Waals surface area (Å²) >= 11 is 0. The molecule has 0 amide bonds. The quantitative estimate of drug-likeness (QED) is 0.218. The summed E-state index contributed by atoms with van der Waals surface area (Å²) in [6.45, 7) is 0. The molecular formula is H6O5SiSr. The Morgan fingerprint density at radius 2 is 1.43 bits per heavy atom. The van der Waals surface area contributed by atoms with Gasteiger partial charge < -0.3 is 17.2 Å². The fourth-order valence-corrected chi connectivity index (χ4v) is 0. The van der Waals surface area contributed by atoms with E-state index in [9.17, 15) is 0 Å². The summed E-state index contributed by atoms with van der Waals surface area (Å²) in [4.78, 5) is 22.8. The Labute approximate surface area is 80.8 Å². The van der Waals surface area contributed by atoms with E-state index in [1.807, 2.05) is 0 Å². The van der Waals surface area contributed by atoms with Crippen LogP contribution in [0.15, 0.2) is 0 Å². The molecule has 0 aliphatic carbocycles. The van der Waals surface area contributed by atoms with Gasteiger partial charge in [0.1, 0.15) is 0 Å². The molecule has 4 N–H and O–H groups in total. The second-order valence-electron chi connectivity index (χ2n) is 0.665. The van der Waals surface area contributed by atoms with Crippen molar-refractivity contribution in [3.05, 3.63) is 0 Å². The van der Waals surface area contributed by atoms with Gasteiger partial charge in [-0.15, -0.1) is 0 Å². The minimum atomic E-state index is -4.58. The Bertz CT molecular complexity index is 44.7. The summed E-state index contributed by atoms with van der Waals surface area (Å²) in [6, 6.07) is 0. The molecule has 0 bridgehead atoms. The van der Waals surface area contributed by atoms with Gasteiger partial charge >= 0.3 is 54.5 Å². The number of rotatable bonds is 1. The third-order valence-electron chi connectivity index (χ3n) is 0.122. The molecule has 0 fully saturated rings. The van der Waals surface area contributed by atoms with Crippen molar-refractivity contribution in [3.8, 4) is 0 Å². The predicted octanol–water partition coefficient (Wildman–Crippen LogP) is -2.27. The smallest absolute Gasteiger partial charge is 1.00 e. The maximum absolute atomic E-state index is 7.60. The predicted molar refractivity (Wildman–Crippen MR) is 24.1 cm³/mol. The van der Waals surface area contributed by atoms with E-state index >= 15 is 0 Å². The molecule has 0 aliphatic rings. The van der Waals surface area contributed by atoms with Crippen LogP contribution in [0.1, 0.15) is 2.85 Å². The van der Waals surface area contributed by atoms with Gasteiger partial charge in [-0.2, -0.15) is 4.58 Å². The van der Waals surface area contributed by atoms with Crippen LogP contribution in [0.2, 0.25) is 0 Å². The van der Waals surface area contributed by atoms with Gasteiger partial charge in [0.25, 0.3) is 0 Å². The van der Waals surface area contributed by atoms with Gasteiger partial charge in [-0.25, -0.2) is 0 Å². The van der Waals surface area contributed by atoms with Crippen LogP contribution in [-0.2, 0) is 4.58 Å². The number of hydrogen-bond donors (Lipinski definition) is 4. The van der Waals surface area contributed by atoms with Gasteiger partial charge in [0.2, 0.25) is 0 Å². The zero-order valence-corrected chi connectivity index (χ0v) is 7.88. The normalized spacial score (nSPS) is 10.3. The zero-order valence-electron chi connectivity index (χ0n) is 5.40. The minimum Gasteiger partial charge on any atom is -1.00 e. The molecule has 0 spiro atoms. The molecule has 0 saturated heterocycles. The fraction of sp³-hybridized carbons (Fsp3) is 0. The van der Waals surface area contributed by atoms with E-state index in [-0.39, 0.29) is 48.3 Å². The fourth-order valence-electron chi connectivity index (χ4n) is 0. The summed E-state index contributed by atoms with van der Waals surface area (Å²) in [5.41, 5.74) is 0. The first kappa shape index (κ1) is 11.3. The molecule has 0 aromatic rings. The van der Waals surface area contributed by atoms with Gasteiger partial charge in [0.05, 0.1) is 0 Å². The van der Waals surface area contributed by atoms with Crippen LogP contribution in [0, 0.1) is 0 Å². The van der Waals surface area contributed by atoms with Gasteiger partial charge in [-0.1, -0.05) is 0 Å². The second kappa shape index (κ2) is 4.38. The first-order chi connectivity index (χ1) is 2.56. The molecule has 0 rings (SSSR count). The monoisotopic (exact) mass is 202 g/mol. The van der Waals surface area contributed by atoms with Crippen LogP contribution >= 0.6 is 0 Å². The van der Waals surface area contributed by atoms with E-state index < -0.39 is 9.05 Å². The Morgan fingerprint density at radius 1 is 1.29 bits per heavy atom. The Kier molecular flexibility index (Phi) is 7.09. The summed E-state index contributed by atoms with van der Waals surface area (Å²) in [7, 11) is -4.58. The third-order valence-corrected chi connectivity index (χ3v) is 0.367.